The van der Waals surface area contributed by atoms with E-state index in [1.165, 1.54) is 25.0 Å². The fourth-order valence-electron chi connectivity index (χ4n) is 3.18. The summed E-state index contributed by atoms with van der Waals surface area (Å²) < 4.78 is 14.6. The van der Waals surface area contributed by atoms with Gasteiger partial charge in [-0.15, -0.1) is 5.10 Å². The Balaban J connectivity index is 1.49. The number of nitrogens with one attached hydrogen (secondary N) is 1. The molecule has 2 heterocycles. The van der Waals surface area contributed by atoms with Crippen molar-refractivity contribution in [1.82, 2.24) is 25.0 Å². The Bertz CT molecular complexity index is 735. The quantitative estimate of drug-likeness (QED) is 0.805. The number of carbonyl (C=O) groups is 1. The summed E-state index contributed by atoms with van der Waals surface area (Å²) >= 11 is 0. The Morgan fingerprint density at radius 3 is 2.65 bits per heavy atom. The lowest BCUT2D eigenvalue weighted by atomic mass is 9.99. The molecule has 1 aliphatic rings. The Morgan fingerprint density at radius 2 is 1.96 bits per heavy atom. The first kappa shape index (κ1) is 18.5. The molecule has 0 spiro atoms. The molecule has 0 radical (unpaired) electrons. The monoisotopic (exact) mass is 359 g/mol. The van der Waals surface area contributed by atoms with E-state index in [0.29, 0.717) is 18.1 Å². The van der Waals surface area contributed by atoms with E-state index in [2.05, 4.69) is 27.2 Å². The fourth-order valence-corrected chi connectivity index (χ4v) is 3.18. The predicted octanol–water partition coefficient (Wildman–Crippen LogP) is 2.57. The normalized spacial score (nSPS) is 16.0. The van der Waals surface area contributed by atoms with Crippen molar-refractivity contribution in [1.29, 1.82) is 0 Å². The van der Waals surface area contributed by atoms with Gasteiger partial charge in [0.05, 0.1) is 5.69 Å². The highest BCUT2D eigenvalue weighted by atomic mass is 19.1. The molecule has 26 heavy (non-hydrogen) atoms. The van der Waals surface area contributed by atoms with Crippen molar-refractivity contribution in [3.8, 4) is 5.69 Å². The topological polar surface area (TPSA) is 63.1 Å². The average molecular weight is 359 g/mol. The van der Waals surface area contributed by atoms with E-state index in [1.807, 2.05) is 0 Å². The van der Waals surface area contributed by atoms with Gasteiger partial charge in [-0.1, -0.05) is 6.92 Å². The number of piperidine rings is 1. The molecule has 2 aromatic rings. The van der Waals surface area contributed by atoms with Crippen LogP contribution in [0.15, 0.2) is 24.3 Å². The highest BCUT2D eigenvalue weighted by Crippen LogP contribution is 2.15. The lowest BCUT2D eigenvalue weighted by molar-refractivity contribution is 0.0940. The summed E-state index contributed by atoms with van der Waals surface area (Å²) in [6.07, 6.45) is 3.44. The van der Waals surface area contributed by atoms with Crippen LogP contribution in [-0.2, 0) is 0 Å². The molecular formula is C19H26FN5O. The molecule has 0 aliphatic carbocycles. The molecular weight excluding hydrogens is 333 g/mol. The van der Waals surface area contributed by atoms with Gasteiger partial charge in [0.2, 0.25) is 5.82 Å². The molecule has 3 rings (SSSR count). The van der Waals surface area contributed by atoms with Crippen LogP contribution in [0.1, 0.15) is 42.6 Å². The van der Waals surface area contributed by atoms with Crippen molar-refractivity contribution in [3.05, 3.63) is 41.7 Å². The molecule has 6 nitrogen and oxygen atoms in total. The van der Waals surface area contributed by atoms with Gasteiger partial charge in [-0.05, 0) is 76.0 Å². The third-order valence-electron chi connectivity index (χ3n) is 4.86. The van der Waals surface area contributed by atoms with Crippen LogP contribution < -0.4 is 5.32 Å². The second kappa shape index (κ2) is 8.40. The fraction of sp³-hybridized carbons (Fsp3) is 0.526. The number of halogens is 1. The number of benzene rings is 1. The molecule has 1 aliphatic heterocycles. The minimum Gasteiger partial charge on any atom is -0.349 e. The minimum absolute atomic E-state index is 0.138. The zero-order valence-corrected chi connectivity index (χ0v) is 15.4. The number of aromatic nitrogens is 3. The maximum atomic E-state index is 13.1. The first-order chi connectivity index (χ1) is 12.5. The van der Waals surface area contributed by atoms with Crippen molar-refractivity contribution >= 4 is 5.91 Å². The molecule has 7 heteroatoms. The maximum absolute atomic E-state index is 13.1. The van der Waals surface area contributed by atoms with Crippen LogP contribution in [0.4, 0.5) is 4.39 Å². The number of likely N-dealkylation sites (tertiary alicyclic amines) is 1. The second-order valence-electron chi connectivity index (χ2n) is 7.00. The number of hydrogen-bond donors (Lipinski definition) is 1. The van der Waals surface area contributed by atoms with Gasteiger partial charge in [0.15, 0.2) is 0 Å². The van der Waals surface area contributed by atoms with Crippen LogP contribution in [0.5, 0.6) is 0 Å². The molecule has 1 aromatic heterocycles. The Kier molecular flexibility index (Phi) is 5.98. The maximum Gasteiger partial charge on any atom is 0.290 e. The van der Waals surface area contributed by atoms with Crippen molar-refractivity contribution in [2.45, 2.75) is 33.1 Å². The number of carbonyl (C=O) groups excluding carboxylic acids is 1. The third kappa shape index (κ3) is 4.66. The van der Waals surface area contributed by atoms with Crippen LogP contribution in [0.2, 0.25) is 0 Å². The standard InChI is InChI=1S/C19H26FN5O/c1-14-8-12-24(13-9-14)11-3-10-21-19(26)18-22-15(2)25(23-18)17-6-4-16(20)5-7-17/h4-7,14H,3,8-13H2,1-2H3,(H,21,26). The highest BCUT2D eigenvalue weighted by molar-refractivity contribution is 5.90. The van der Waals surface area contributed by atoms with Gasteiger partial charge in [0.25, 0.3) is 5.91 Å². The number of amides is 1. The summed E-state index contributed by atoms with van der Waals surface area (Å²) in [6, 6.07) is 5.94. The Morgan fingerprint density at radius 1 is 1.27 bits per heavy atom. The van der Waals surface area contributed by atoms with Gasteiger partial charge in [0.1, 0.15) is 11.6 Å². The van der Waals surface area contributed by atoms with E-state index in [4.69, 9.17) is 0 Å². The molecule has 0 bridgehead atoms. The van der Waals surface area contributed by atoms with E-state index in [1.54, 1.807) is 23.7 Å². The summed E-state index contributed by atoms with van der Waals surface area (Å²) in [4.78, 5) is 18.9. The summed E-state index contributed by atoms with van der Waals surface area (Å²) in [7, 11) is 0. The zero-order valence-electron chi connectivity index (χ0n) is 15.4. The first-order valence-corrected chi connectivity index (χ1v) is 9.23. The third-order valence-corrected chi connectivity index (χ3v) is 4.86. The summed E-state index contributed by atoms with van der Waals surface area (Å²) in [5, 5.41) is 7.13. The average Bonchev–Trinajstić information content (AvgIpc) is 3.02. The molecule has 1 saturated heterocycles. The van der Waals surface area contributed by atoms with Crippen LogP contribution in [0.3, 0.4) is 0 Å². The van der Waals surface area contributed by atoms with Crippen molar-refractivity contribution < 1.29 is 9.18 Å². The number of rotatable bonds is 6. The predicted molar refractivity (Wildman–Crippen MR) is 97.8 cm³/mol. The summed E-state index contributed by atoms with van der Waals surface area (Å²) in [5.41, 5.74) is 0.676. The van der Waals surface area contributed by atoms with E-state index < -0.39 is 0 Å². The van der Waals surface area contributed by atoms with Gasteiger partial charge < -0.3 is 10.2 Å². The number of hydrogen-bond acceptors (Lipinski definition) is 4. The lowest BCUT2D eigenvalue weighted by Gasteiger charge is -2.30. The number of aryl methyl sites for hydroxylation is 1. The molecule has 1 aromatic carbocycles. The Labute approximate surface area is 153 Å². The molecule has 140 valence electrons. The summed E-state index contributed by atoms with van der Waals surface area (Å²) in [5.74, 6) is 0.966. The first-order valence-electron chi connectivity index (χ1n) is 9.23. The van der Waals surface area contributed by atoms with Gasteiger partial charge >= 0.3 is 0 Å². The smallest absolute Gasteiger partial charge is 0.290 e. The van der Waals surface area contributed by atoms with Crippen molar-refractivity contribution in [2.24, 2.45) is 5.92 Å². The van der Waals surface area contributed by atoms with Crippen molar-refractivity contribution in [2.75, 3.05) is 26.2 Å². The summed E-state index contributed by atoms with van der Waals surface area (Å²) in [6.45, 7) is 7.98. The SMILES string of the molecule is Cc1nc(C(=O)NCCCN2CCC(C)CC2)nn1-c1ccc(F)cc1. The molecule has 0 atom stereocenters. The van der Waals surface area contributed by atoms with Gasteiger partial charge in [-0.3, -0.25) is 4.79 Å². The van der Waals surface area contributed by atoms with E-state index in [0.717, 1.165) is 32.0 Å². The lowest BCUT2D eigenvalue weighted by Crippen LogP contribution is -2.35. The highest BCUT2D eigenvalue weighted by Gasteiger charge is 2.17. The zero-order chi connectivity index (χ0) is 18.5. The van der Waals surface area contributed by atoms with E-state index in [9.17, 15) is 9.18 Å². The van der Waals surface area contributed by atoms with Gasteiger partial charge in [-0.25, -0.2) is 14.1 Å². The van der Waals surface area contributed by atoms with Gasteiger partial charge in [0, 0.05) is 6.54 Å². The van der Waals surface area contributed by atoms with Crippen molar-refractivity contribution in [3.63, 3.8) is 0 Å². The van der Waals surface area contributed by atoms with Crippen LogP contribution in [-0.4, -0.2) is 51.8 Å². The number of nitrogens with zero attached hydrogens (tertiary/aromatic N) is 4. The van der Waals surface area contributed by atoms with Crippen LogP contribution >= 0.6 is 0 Å². The molecule has 1 fully saturated rings. The molecule has 0 unspecified atom stereocenters. The van der Waals surface area contributed by atoms with Gasteiger partial charge in [-0.2, -0.15) is 0 Å². The van der Waals surface area contributed by atoms with E-state index >= 15 is 0 Å². The minimum atomic E-state index is -0.312. The van der Waals surface area contributed by atoms with Crippen LogP contribution in [0, 0.1) is 18.7 Å². The van der Waals surface area contributed by atoms with Crippen LogP contribution in [0.25, 0.3) is 5.69 Å². The Hall–Kier alpha value is -2.28. The molecule has 0 saturated carbocycles. The molecule has 1 N–H and O–H groups in total. The molecule has 1 amide bonds. The largest absolute Gasteiger partial charge is 0.349 e. The van der Waals surface area contributed by atoms with E-state index in [-0.39, 0.29) is 17.5 Å². The second-order valence-corrected chi connectivity index (χ2v) is 7.00.